The van der Waals surface area contributed by atoms with Crippen molar-refractivity contribution >= 4 is 33.5 Å². The van der Waals surface area contributed by atoms with Crippen molar-refractivity contribution in [3.63, 3.8) is 0 Å². The molecule has 2 aromatic carbocycles. The molecule has 2 atom stereocenters. The fourth-order valence-electron chi connectivity index (χ4n) is 4.73. The van der Waals surface area contributed by atoms with E-state index in [4.69, 9.17) is 21.1 Å². The lowest BCUT2D eigenvalue weighted by molar-refractivity contribution is 0.00394. The van der Waals surface area contributed by atoms with Crippen molar-refractivity contribution in [3.8, 4) is 22.9 Å². The highest BCUT2D eigenvalue weighted by Gasteiger charge is 2.30. The molecule has 0 aliphatic carbocycles. The van der Waals surface area contributed by atoms with Crippen LogP contribution in [0.2, 0.25) is 5.02 Å². The van der Waals surface area contributed by atoms with Crippen LogP contribution in [-0.4, -0.2) is 43.9 Å². The average molecular weight is 508 g/mol. The van der Waals surface area contributed by atoms with Crippen molar-refractivity contribution in [3.05, 3.63) is 71.7 Å². The molecule has 1 saturated heterocycles. The standard InChI is InChI=1S/C26H20ClF2N5O2/c1-14-33-23-12-32-22-11-20(28)17(10-18(22)25(23)34(14)24-5-8-35-13-21(24)29)16-4-3-15(9-19(16)27)36-26-30-6-2-7-31-26/h2-4,6-7,9-12,21,24H,5,8,13H2,1H3. The van der Waals surface area contributed by atoms with Gasteiger partial charge in [0.05, 0.1) is 34.9 Å². The number of pyridine rings is 1. The van der Waals surface area contributed by atoms with Crippen molar-refractivity contribution in [2.45, 2.75) is 25.6 Å². The number of aryl methyl sites for hydroxylation is 1. The first-order valence-electron chi connectivity index (χ1n) is 11.4. The van der Waals surface area contributed by atoms with Gasteiger partial charge in [0.25, 0.3) is 0 Å². The molecule has 7 nitrogen and oxygen atoms in total. The van der Waals surface area contributed by atoms with E-state index in [9.17, 15) is 4.39 Å². The van der Waals surface area contributed by atoms with Gasteiger partial charge < -0.3 is 14.0 Å². The Balaban J connectivity index is 1.48. The Labute approximate surface area is 209 Å². The van der Waals surface area contributed by atoms with E-state index in [1.54, 1.807) is 48.9 Å². The maximum atomic E-state index is 15.3. The van der Waals surface area contributed by atoms with Crippen LogP contribution in [0.25, 0.3) is 33.1 Å². The van der Waals surface area contributed by atoms with Gasteiger partial charge in [0.15, 0.2) is 0 Å². The first-order valence-corrected chi connectivity index (χ1v) is 11.8. The number of hydrogen-bond acceptors (Lipinski definition) is 6. The zero-order chi connectivity index (χ0) is 24.8. The molecule has 0 spiro atoms. The van der Waals surface area contributed by atoms with Crippen molar-refractivity contribution in [2.24, 2.45) is 0 Å². The van der Waals surface area contributed by atoms with Crippen LogP contribution >= 0.6 is 11.6 Å². The predicted octanol–water partition coefficient (Wildman–Crippen LogP) is 6.23. The summed E-state index contributed by atoms with van der Waals surface area (Å²) < 4.78 is 43.0. The SMILES string of the molecule is Cc1nc2cnc3cc(F)c(-c4ccc(Oc5ncccn5)cc4Cl)cc3c2n1C1CCOCC1F. The van der Waals surface area contributed by atoms with Crippen LogP contribution in [0.15, 0.2) is 55.0 Å². The molecular formula is C26H20ClF2N5O2. The van der Waals surface area contributed by atoms with Crippen molar-refractivity contribution in [1.29, 1.82) is 0 Å². The normalized spacial score (nSPS) is 18.1. The molecule has 6 rings (SSSR count). The lowest BCUT2D eigenvalue weighted by Gasteiger charge is -2.29. The second-order valence-corrected chi connectivity index (χ2v) is 9.00. The number of ether oxygens (including phenoxy) is 2. The average Bonchev–Trinajstić information content (AvgIpc) is 3.21. The lowest BCUT2D eigenvalue weighted by atomic mass is 10.0. The van der Waals surface area contributed by atoms with Gasteiger partial charge >= 0.3 is 6.01 Å². The summed E-state index contributed by atoms with van der Waals surface area (Å²) in [6.45, 7) is 2.33. The number of rotatable bonds is 4. The summed E-state index contributed by atoms with van der Waals surface area (Å²) in [5.41, 5.74) is 2.55. The maximum Gasteiger partial charge on any atom is 0.321 e. The zero-order valence-corrected chi connectivity index (χ0v) is 19.9. The molecule has 0 bridgehead atoms. The van der Waals surface area contributed by atoms with Crippen LogP contribution in [0, 0.1) is 12.7 Å². The number of halogens is 3. The smallest absolute Gasteiger partial charge is 0.321 e. The first-order chi connectivity index (χ1) is 17.5. The van der Waals surface area contributed by atoms with Gasteiger partial charge in [-0.1, -0.05) is 11.6 Å². The number of fused-ring (bicyclic) bond motifs is 3. The number of nitrogens with zero attached hydrogens (tertiary/aromatic N) is 5. The highest BCUT2D eigenvalue weighted by molar-refractivity contribution is 6.33. The van der Waals surface area contributed by atoms with Gasteiger partial charge in [0.2, 0.25) is 0 Å². The molecule has 10 heteroatoms. The fraction of sp³-hybridized carbons (Fsp3) is 0.231. The monoisotopic (exact) mass is 507 g/mol. The third-order valence-corrected chi connectivity index (χ3v) is 6.66. The number of benzene rings is 2. The van der Waals surface area contributed by atoms with E-state index in [1.807, 2.05) is 11.5 Å². The maximum absolute atomic E-state index is 15.3. The molecule has 0 N–H and O–H groups in total. The molecule has 182 valence electrons. The third-order valence-electron chi connectivity index (χ3n) is 6.35. The third kappa shape index (κ3) is 3.94. The topological polar surface area (TPSA) is 75.0 Å². The van der Waals surface area contributed by atoms with Gasteiger partial charge in [-0.25, -0.2) is 23.7 Å². The van der Waals surface area contributed by atoms with E-state index in [2.05, 4.69) is 19.9 Å². The Bertz CT molecular complexity index is 1590. The second-order valence-electron chi connectivity index (χ2n) is 8.59. The quantitative estimate of drug-likeness (QED) is 0.287. The number of hydrogen-bond donors (Lipinski definition) is 0. The summed E-state index contributed by atoms with van der Waals surface area (Å²) in [4.78, 5) is 17.1. The van der Waals surface area contributed by atoms with Crippen LogP contribution in [0.4, 0.5) is 8.78 Å². The molecule has 0 saturated carbocycles. The van der Waals surface area contributed by atoms with Gasteiger partial charge in [-0.05, 0) is 37.6 Å². The predicted molar refractivity (Wildman–Crippen MR) is 132 cm³/mol. The van der Waals surface area contributed by atoms with Crippen molar-refractivity contribution < 1.29 is 18.3 Å². The molecule has 4 heterocycles. The molecule has 2 unspecified atom stereocenters. The Kier molecular flexibility index (Phi) is 5.73. The summed E-state index contributed by atoms with van der Waals surface area (Å²) in [5.74, 6) is 0.610. The summed E-state index contributed by atoms with van der Waals surface area (Å²) in [5, 5.41) is 0.956. The van der Waals surface area contributed by atoms with E-state index in [0.717, 1.165) is 0 Å². The fourth-order valence-corrected chi connectivity index (χ4v) is 5.00. The van der Waals surface area contributed by atoms with Crippen molar-refractivity contribution in [1.82, 2.24) is 24.5 Å². The van der Waals surface area contributed by atoms with Crippen LogP contribution in [0.1, 0.15) is 18.3 Å². The number of alkyl halides is 1. The molecule has 1 aliphatic heterocycles. The minimum atomic E-state index is -1.17. The van der Waals surface area contributed by atoms with E-state index in [0.29, 0.717) is 62.7 Å². The highest BCUT2D eigenvalue weighted by Crippen LogP contribution is 2.38. The summed E-state index contributed by atoms with van der Waals surface area (Å²) >= 11 is 6.56. The summed E-state index contributed by atoms with van der Waals surface area (Å²) in [6.07, 6.45) is 4.07. The Hall–Kier alpha value is -3.69. The van der Waals surface area contributed by atoms with E-state index in [1.165, 1.54) is 6.07 Å². The molecule has 0 radical (unpaired) electrons. The second kappa shape index (κ2) is 9.07. The molecule has 3 aromatic heterocycles. The van der Waals surface area contributed by atoms with Crippen molar-refractivity contribution in [2.75, 3.05) is 13.2 Å². The number of aromatic nitrogens is 5. The van der Waals surface area contributed by atoms with E-state index < -0.39 is 18.0 Å². The highest BCUT2D eigenvalue weighted by atomic mass is 35.5. The van der Waals surface area contributed by atoms with Crippen LogP contribution in [-0.2, 0) is 4.74 Å². The number of imidazole rings is 1. The Morgan fingerprint density at radius 1 is 1.08 bits per heavy atom. The largest absolute Gasteiger partial charge is 0.424 e. The van der Waals surface area contributed by atoms with Crippen LogP contribution < -0.4 is 4.74 Å². The molecule has 1 aliphatic rings. The summed E-state index contributed by atoms with van der Waals surface area (Å²) in [7, 11) is 0. The van der Waals surface area contributed by atoms with E-state index >= 15 is 4.39 Å². The summed E-state index contributed by atoms with van der Waals surface area (Å²) in [6, 6.07) is 9.43. The van der Waals surface area contributed by atoms with Gasteiger partial charge in [-0.15, -0.1) is 0 Å². The zero-order valence-electron chi connectivity index (χ0n) is 19.2. The molecule has 36 heavy (non-hydrogen) atoms. The Morgan fingerprint density at radius 2 is 1.92 bits per heavy atom. The molecule has 0 amide bonds. The minimum Gasteiger partial charge on any atom is -0.424 e. The van der Waals surface area contributed by atoms with Gasteiger partial charge in [0, 0.05) is 47.6 Å². The van der Waals surface area contributed by atoms with Gasteiger partial charge in [-0.3, -0.25) is 4.98 Å². The van der Waals surface area contributed by atoms with E-state index in [-0.39, 0.29) is 12.6 Å². The molecule has 1 fully saturated rings. The van der Waals surface area contributed by atoms with Crippen LogP contribution in [0.5, 0.6) is 11.8 Å². The first kappa shape index (κ1) is 22.8. The lowest BCUT2D eigenvalue weighted by Crippen LogP contribution is -2.31. The molecule has 5 aromatic rings. The molecular weight excluding hydrogens is 488 g/mol. The minimum absolute atomic E-state index is 0.0325. The van der Waals surface area contributed by atoms with Crippen LogP contribution in [0.3, 0.4) is 0 Å². The van der Waals surface area contributed by atoms with Gasteiger partial charge in [-0.2, -0.15) is 0 Å². The van der Waals surface area contributed by atoms with Gasteiger partial charge in [0.1, 0.15) is 29.1 Å². The Morgan fingerprint density at radius 3 is 2.69 bits per heavy atom.